The third-order valence-electron chi connectivity index (χ3n) is 6.75. The molecule has 2 aliphatic carbocycles. The summed E-state index contributed by atoms with van der Waals surface area (Å²) in [5.41, 5.74) is 3.80. The number of amides is 1. The molecule has 7 nitrogen and oxygen atoms in total. The van der Waals surface area contributed by atoms with Crippen molar-refractivity contribution in [1.29, 1.82) is 5.26 Å². The van der Waals surface area contributed by atoms with Crippen LogP contribution in [-0.2, 0) is 17.6 Å². The van der Waals surface area contributed by atoms with Gasteiger partial charge in [-0.1, -0.05) is 35.9 Å². The van der Waals surface area contributed by atoms with E-state index < -0.39 is 11.7 Å². The molecule has 0 spiro atoms. The minimum absolute atomic E-state index is 0.0153. The maximum Gasteiger partial charge on any atom is 0.435 e. The maximum absolute atomic E-state index is 13.8. The van der Waals surface area contributed by atoms with Crippen LogP contribution in [0.5, 0.6) is 0 Å². The minimum Gasteiger partial charge on any atom is -0.442 e. The van der Waals surface area contributed by atoms with Crippen molar-refractivity contribution < 1.29 is 14.3 Å². The van der Waals surface area contributed by atoms with E-state index in [1.54, 1.807) is 24.4 Å². The van der Waals surface area contributed by atoms with Crippen LogP contribution in [0.15, 0.2) is 48.7 Å². The molecule has 0 bridgehead atoms. The Kier molecular flexibility index (Phi) is 6.55. The Morgan fingerprint density at radius 3 is 2.54 bits per heavy atom. The van der Waals surface area contributed by atoms with Gasteiger partial charge in [-0.15, -0.1) is 0 Å². The second-order valence-corrected chi connectivity index (χ2v) is 11.1. The van der Waals surface area contributed by atoms with E-state index in [4.69, 9.17) is 16.3 Å². The van der Waals surface area contributed by atoms with Crippen LogP contribution in [0.3, 0.4) is 0 Å². The number of hydrogen-bond acceptors (Lipinski definition) is 5. The third kappa shape index (κ3) is 5.26. The van der Waals surface area contributed by atoms with E-state index in [1.165, 1.54) is 4.68 Å². The smallest absolute Gasteiger partial charge is 0.435 e. The highest BCUT2D eigenvalue weighted by molar-refractivity contribution is 6.33. The molecule has 1 heterocycles. The lowest BCUT2D eigenvalue weighted by Gasteiger charge is -2.34. The summed E-state index contributed by atoms with van der Waals surface area (Å²) in [4.78, 5) is 28.2. The van der Waals surface area contributed by atoms with Crippen LogP contribution in [-0.4, -0.2) is 44.4 Å². The molecule has 1 unspecified atom stereocenters. The fourth-order valence-electron chi connectivity index (χ4n) is 4.94. The molecular weight excluding hydrogens is 488 g/mol. The number of halogens is 1. The van der Waals surface area contributed by atoms with Gasteiger partial charge in [-0.2, -0.15) is 15.0 Å². The fourth-order valence-corrected chi connectivity index (χ4v) is 5.22. The molecule has 1 saturated carbocycles. The Bertz CT molecular complexity index is 1410. The molecular formula is C29H29ClN4O3. The molecule has 0 N–H and O–H groups in total. The van der Waals surface area contributed by atoms with E-state index in [9.17, 15) is 14.9 Å². The molecule has 3 aromatic rings. The number of nitriles is 1. The van der Waals surface area contributed by atoms with Crippen LogP contribution in [0.1, 0.15) is 67.2 Å². The van der Waals surface area contributed by atoms with Gasteiger partial charge >= 0.3 is 6.09 Å². The van der Waals surface area contributed by atoms with Gasteiger partial charge in [-0.25, -0.2) is 4.79 Å². The van der Waals surface area contributed by atoms with Crippen LogP contribution in [0, 0.1) is 11.3 Å². The number of carbonyl (C=O) groups excluding carboxylic acids is 2. The highest BCUT2D eigenvalue weighted by Crippen LogP contribution is 2.36. The van der Waals surface area contributed by atoms with Crippen LogP contribution >= 0.6 is 11.6 Å². The molecule has 1 amide bonds. The van der Waals surface area contributed by atoms with Gasteiger partial charge in [0.1, 0.15) is 5.60 Å². The van der Waals surface area contributed by atoms with Gasteiger partial charge < -0.3 is 9.64 Å². The summed E-state index contributed by atoms with van der Waals surface area (Å²) in [7, 11) is 0. The molecule has 1 atom stereocenters. The standard InChI is InChI=1S/C29H29ClN4O3/c1-29(2,3)37-28(36)33-17-20-14-22(11-13-26(20)32-33)34(21-9-10-21)27(35)18-8-12-24(25(30)15-18)23-7-5-4-6-19(23)16-31/h4-8,12,15,17,21-22H,9-11,13-14H2,1-3H3. The predicted octanol–water partition coefficient (Wildman–Crippen LogP) is 6.02. The number of rotatable bonds is 4. The predicted molar refractivity (Wildman–Crippen MR) is 140 cm³/mol. The summed E-state index contributed by atoms with van der Waals surface area (Å²) >= 11 is 6.63. The van der Waals surface area contributed by atoms with Crippen molar-refractivity contribution in [3.05, 3.63) is 76.1 Å². The van der Waals surface area contributed by atoms with Crippen LogP contribution in [0.2, 0.25) is 5.02 Å². The number of carbonyl (C=O) groups is 2. The van der Waals surface area contributed by atoms with E-state index in [2.05, 4.69) is 11.2 Å². The van der Waals surface area contributed by atoms with E-state index in [0.717, 1.165) is 41.6 Å². The first-order chi connectivity index (χ1) is 17.6. The first kappa shape index (κ1) is 25.0. The van der Waals surface area contributed by atoms with Crippen molar-refractivity contribution in [2.24, 2.45) is 0 Å². The van der Waals surface area contributed by atoms with Crippen LogP contribution in [0.4, 0.5) is 4.79 Å². The van der Waals surface area contributed by atoms with E-state index in [-0.39, 0.29) is 18.0 Å². The normalized spacial score (nSPS) is 17.0. The molecule has 5 rings (SSSR count). The Morgan fingerprint density at radius 2 is 1.86 bits per heavy atom. The number of aromatic nitrogens is 2. The average Bonchev–Trinajstić information content (AvgIpc) is 3.59. The minimum atomic E-state index is -0.602. The number of ether oxygens (including phenoxy) is 1. The summed E-state index contributed by atoms with van der Waals surface area (Å²) in [6, 6.07) is 15.0. The van der Waals surface area contributed by atoms with Crippen molar-refractivity contribution >= 4 is 23.6 Å². The van der Waals surface area contributed by atoms with Gasteiger partial charge in [-0.3, -0.25) is 4.79 Å². The highest BCUT2D eigenvalue weighted by atomic mass is 35.5. The summed E-state index contributed by atoms with van der Waals surface area (Å²) in [5.74, 6) is -0.0440. The van der Waals surface area contributed by atoms with Gasteiger partial charge in [0.2, 0.25) is 0 Å². The SMILES string of the molecule is CC(C)(C)OC(=O)n1cc2c(n1)CCC(N(C(=O)c1ccc(-c3ccccc3C#N)c(Cl)c1)C1CC1)C2. The van der Waals surface area contributed by atoms with Crippen LogP contribution < -0.4 is 0 Å². The fraction of sp³-hybridized carbons (Fsp3) is 0.379. The summed E-state index contributed by atoms with van der Waals surface area (Å²) < 4.78 is 6.73. The lowest BCUT2D eigenvalue weighted by Crippen LogP contribution is -2.44. The van der Waals surface area contributed by atoms with Gasteiger partial charge in [0, 0.05) is 40.0 Å². The molecule has 1 fully saturated rings. The molecule has 0 radical (unpaired) electrons. The molecule has 37 heavy (non-hydrogen) atoms. The Hall–Kier alpha value is -3.63. The van der Waals surface area contributed by atoms with E-state index in [1.807, 2.05) is 49.9 Å². The van der Waals surface area contributed by atoms with Crippen molar-refractivity contribution in [2.45, 2.75) is 70.6 Å². The highest BCUT2D eigenvalue weighted by Gasteiger charge is 2.40. The molecule has 1 aromatic heterocycles. The molecule has 190 valence electrons. The molecule has 2 aromatic carbocycles. The van der Waals surface area contributed by atoms with Gasteiger partial charge in [0.15, 0.2) is 0 Å². The summed E-state index contributed by atoms with van der Waals surface area (Å²) in [6.45, 7) is 5.47. The Labute approximate surface area is 221 Å². The first-order valence-corrected chi connectivity index (χ1v) is 12.9. The largest absolute Gasteiger partial charge is 0.442 e. The van der Waals surface area contributed by atoms with Crippen LogP contribution in [0.25, 0.3) is 11.1 Å². The lowest BCUT2D eigenvalue weighted by atomic mass is 9.91. The molecule has 0 saturated heterocycles. The monoisotopic (exact) mass is 516 g/mol. The number of nitrogens with zero attached hydrogens (tertiary/aromatic N) is 4. The third-order valence-corrected chi connectivity index (χ3v) is 7.06. The summed E-state index contributed by atoms with van der Waals surface area (Å²) in [6.07, 6.45) is 5.31. The average molecular weight is 517 g/mol. The second-order valence-electron chi connectivity index (χ2n) is 10.7. The molecule has 0 aliphatic heterocycles. The quantitative estimate of drug-likeness (QED) is 0.423. The Morgan fingerprint density at radius 1 is 1.11 bits per heavy atom. The van der Waals surface area contributed by atoms with Crippen molar-refractivity contribution in [3.8, 4) is 17.2 Å². The van der Waals surface area contributed by atoms with Gasteiger partial charge in [0.25, 0.3) is 5.91 Å². The first-order valence-electron chi connectivity index (χ1n) is 12.6. The zero-order valence-corrected chi connectivity index (χ0v) is 22.0. The van der Waals surface area contributed by atoms with Gasteiger partial charge in [-0.05, 0) is 76.6 Å². The van der Waals surface area contributed by atoms with Crippen molar-refractivity contribution in [3.63, 3.8) is 0 Å². The van der Waals surface area contributed by atoms with E-state index in [0.29, 0.717) is 29.0 Å². The number of aryl methyl sites for hydroxylation is 1. The Balaban J connectivity index is 1.37. The molecule has 8 heteroatoms. The number of fused-ring (bicyclic) bond motifs is 1. The lowest BCUT2D eigenvalue weighted by molar-refractivity contribution is 0.0513. The maximum atomic E-state index is 13.8. The number of hydrogen-bond donors (Lipinski definition) is 0. The zero-order valence-electron chi connectivity index (χ0n) is 21.2. The van der Waals surface area contributed by atoms with E-state index >= 15 is 0 Å². The molecule has 2 aliphatic rings. The zero-order chi connectivity index (χ0) is 26.3. The topological polar surface area (TPSA) is 88.2 Å². The second kappa shape index (κ2) is 9.68. The van der Waals surface area contributed by atoms with Crippen molar-refractivity contribution in [2.75, 3.05) is 0 Å². The number of benzene rings is 2. The van der Waals surface area contributed by atoms with Gasteiger partial charge in [0.05, 0.1) is 17.3 Å². The van der Waals surface area contributed by atoms with Crippen molar-refractivity contribution in [1.82, 2.24) is 14.7 Å². The summed E-state index contributed by atoms with van der Waals surface area (Å²) in [5, 5.41) is 14.4.